The van der Waals surface area contributed by atoms with E-state index in [1.54, 1.807) is 0 Å². The first-order chi connectivity index (χ1) is 8.69. The Kier molecular flexibility index (Phi) is 4.38. The van der Waals surface area contributed by atoms with E-state index in [1.165, 1.54) is 31.1 Å². The third-order valence-electron chi connectivity index (χ3n) is 2.53. The molecule has 1 atom stereocenters. The molecule has 6 nitrogen and oxygen atoms in total. The number of carbonyl (C=O) groups is 1. The number of nitrogens with zero attached hydrogens (tertiary/aromatic N) is 1. The molecule has 1 aliphatic rings. The van der Waals surface area contributed by atoms with Crippen LogP contribution in [0.3, 0.4) is 0 Å². The van der Waals surface area contributed by atoms with Crippen LogP contribution in [0.1, 0.15) is 12.8 Å². The fraction of sp³-hybridized carbons (Fsp3) is 0.545. The van der Waals surface area contributed by atoms with Gasteiger partial charge in [0.05, 0.1) is 7.11 Å². The summed E-state index contributed by atoms with van der Waals surface area (Å²) in [5.74, 6) is 0.198. The highest BCUT2D eigenvalue weighted by atomic mass is 32.2. The Morgan fingerprint density at radius 2 is 2.50 bits per heavy atom. The van der Waals surface area contributed by atoms with Gasteiger partial charge >= 0.3 is 5.97 Å². The van der Waals surface area contributed by atoms with Crippen LogP contribution in [0.2, 0.25) is 0 Å². The number of hydrogen-bond acceptors (Lipinski definition) is 6. The smallest absolute Gasteiger partial charge is 0.323 e. The molecule has 7 heteroatoms. The highest BCUT2D eigenvalue weighted by Gasteiger charge is 2.29. The zero-order valence-electron chi connectivity index (χ0n) is 10.0. The summed E-state index contributed by atoms with van der Waals surface area (Å²) in [6.45, 7) is 0. The van der Waals surface area contributed by atoms with Crippen LogP contribution in [0.5, 0.6) is 0 Å². The third kappa shape index (κ3) is 3.85. The number of aromatic amines is 1. The molecule has 18 heavy (non-hydrogen) atoms. The average molecular weight is 269 g/mol. The number of thioether (sulfide) groups is 1. The minimum atomic E-state index is -0.363. The van der Waals surface area contributed by atoms with Crippen molar-refractivity contribution >= 4 is 17.7 Å². The first kappa shape index (κ1) is 13.1. The summed E-state index contributed by atoms with van der Waals surface area (Å²) in [6, 6.07) is 1.40. The molecule has 1 aliphatic carbocycles. The van der Waals surface area contributed by atoms with E-state index in [0.29, 0.717) is 17.0 Å². The Hall–Kier alpha value is -1.34. The van der Waals surface area contributed by atoms with Crippen molar-refractivity contribution < 1.29 is 9.53 Å². The lowest BCUT2D eigenvalue weighted by molar-refractivity contribution is -0.142. The lowest BCUT2D eigenvalue weighted by Gasteiger charge is -2.15. The molecule has 0 aliphatic heterocycles. The van der Waals surface area contributed by atoms with Crippen molar-refractivity contribution in [3.05, 3.63) is 22.6 Å². The zero-order valence-corrected chi connectivity index (χ0v) is 10.8. The van der Waals surface area contributed by atoms with Crippen LogP contribution in [0.25, 0.3) is 0 Å². The average Bonchev–Trinajstić information content (AvgIpc) is 3.17. The Morgan fingerprint density at radius 3 is 3.11 bits per heavy atom. The van der Waals surface area contributed by atoms with Gasteiger partial charge in [-0.1, -0.05) is 11.8 Å². The maximum absolute atomic E-state index is 11.6. The highest BCUT2D eigenvalue weighted by molar-refractivity contribution is 7.99. The third-order valence-corrected chi connectivity index (χ3v) is 3.52. The van der Waals surface area contributed by atoms with Gasteiger partial charge in [0.1, 0.15) is 6.04 Å². The van der Waals surface area contributed by atoms with E-state index >= 15 is 0 Å². The number of ether oxygens (including phenoxy) is 1. The van der Waals surface area contributed by atoms with Gasteiger partial charge < -0.3 is 15.0 Å². The van der Waals surface area contributed by atoms with Gasteiger partial charge in [-0.2, -0.15) is 0 Å². The quantitative estimate of drug-likeness (QED) is 0.435. The maximum atomic E-state index is 11.6. The Labute approximate surface area is 109 Å². The van der Waals surface area contributed by atoms with Crippen molar-refractivity contribution in [3.63, 3.8) is 0 Å². The van der Waals surface area contributed by atoms with Gasteiger partial charge in [-0.05, 0) is 12.8 Å². The molecular weight excluding hydrogens is 254 g/mol. The van der Waals surface area contributed by atoms with E-state index in [2.05, 4.69) is 15.3 Å². The molecule has 1 saturated carbocycles. The molecule has 0 saturated heterocycles. The molecule has 0 aromatic carbocycles. The maximum Gasteiger partial charge on any atom is 0.323 e. The molecule has 0 spiro atoms. The van der Waals surface area contributed by atoms with Crippen molar-refractivity contribution in [1.29, 1.82) is 0 Å². The van der Waals surface area contributed by atoms with E-state index in [0.717, 1.165) is 12.8 Å². The van der Waals surface area contributed by atoms with Crippen LogP contribution in [-0.4, -0.2) is 40.9 Å². The van der Waals surface area contributed by atoms with Crippen molar-refractivity contribution in [2.75, 3.05) is 12.9 Å². The van der Waals surface area contributed by atoms with Gasteiger partial charge in [0.25, 0.3) is 5.56 Å². The SMILES string of the molecule is COC(=O)C(CSc1nccc(=O)[nH]1)NC1CC1. The van der Waals surface area contributed by atoms with Crippen LogP contribution in [0.15, 0.2) is 22.2 Å². The summed E-state index contributed by atoms with van der Waals surface area (Å²) in [5, 5.41) is 3.72. The monoisotopic (exact) mass is 269 g/mol. The predicted octanol–water partition coefficient (Wildman–Crippen LogP) is 0.156. The Balaban J connectivity index is 1.91. The fourth-order valence-corrected chi connectivity index (χ4v) is 2.31. The van der Waals surface area contributed by atoms with E-state index < -0.39 is 0 Å². The number of H-pyrrole nitrogens is 1. The van der Waals surface area contributed by atoms with Gasteiger partial charge in [-0.15, -0.1) is 0 Å². The molecule has 1 unspecified atom stereocenters. The van der Waals surface area contributed by atoms with Crippen LogP contribution in [0, 0.1) is 0 Å². The highest BCUT2D eigenvalue weighted by Crippen LogP contribution is 2.21. The second-order valence-corrected chi connectivity index (χ2v) is 5.08. The van der Waals surface area contributed by atoms with Crippen LogP contribution in [0.4, 0.5) is 0 Å². The van der Waals surface area contributed by atoms with E-state index in [1.807, 2.05) is 0 Å². The molecular formula is C11H15N3O3S. The normalized spacial score (nSPS) is 16.3. The first-order valence-electron chi connectivity index (χ1n) is 5.71. The molecule has 2 rings (SSSR count). The molecule has 1 aromatic rings. The summed E-state index contributed by atoms with van der Waals surface area (Å²) in [7, 11) is 1.37. The minimum absolute atomic E-state index is 0.197. The number of esters is 1. The second-order valence-electron chi connectivity index (χ2n) is 4.07. The van der Waals surface area contributed by atoms with Gasteiger partial charge in [-0.3, -0.25) is 9.59 Å². The molecule has 0 bridgehead atoms. The number of hydrogen-bond donors (Lipinski definition) is 2. The molecule has 0 radical (unpaired) electrons. The number of methoxy groups -OCH3 is 1. The van der Waals surface area contributed by atoms with E-state index in [-0.39, 0.29) is 17.6 Å². The van der Waals surface area contributed by atoms with Crippen molar-refractivity contribution in [2.45, 2.75) is 30.1 Å². The van der Waals surface area contributed by atoms with Crippen molar-refractivity contribution in [2.24, 2.45) is 0 Å². The van der Waals surface area contributed by atoms with Crippen LogP contribution < -0.4 is 10.9 Å². The van der Waals surface area contributed by atoms with Crippen molar-refractivity contribution in [1.82, 2.24) is 15.3 Å². The number of rotatable bonds is 6. The fourth-order valence-electron chi connectivity index (χ4n) is 1.45. The van der Waals surface area contributed by atoms with Gasteiger partial charge in [0, 0.05) is 24.1 Å². The predicted molar refractivity (Wildman–Crippen MR) is 67.5 cm³/mol. The minimum Gasteiger partial charge on any atom is -0.468 e. The van der Waals surface area contributed by atoms with Crippen molar-refractivity contribution in [3.8, 4) is 0 Å². The van der Waals surface area contributed by atoms with Crippen LogP contribution >= 0.6 is 11.8 Å². The van der Waals surface area contributed by atoms with Gasteiger partial charge in [0.2, 0.25) is 0 Å². The number of nitrogens with one attached hydrogen (secondary N) is 2. The molecule has 1 aromatic heterocycles. The van der Waals surface area contributed by atoms with E-state index in [4.69, 9.17) is 4.74 Å². The first-order valence-corrected chi connectivity index (χ1v) is 6.69. The molecule has 1 heterocycles. The van der Waals surface area contributed by atoms with Gasteiger partial charge in [0.15, 0.2) is 5.16 Å². The summed E-state index contributed by atoms with van der Waals surface area (Å²) < 4.78 is 4.75. The standard InChI is InChI=1S/C11H15N3O3S/c1-17-10(16)8(13-7-2-3-7)6-18-11-12-5-4-9(15)14-11/h4-5,7-8,13H,2-3,6H2,1H3,(H,12,14,15). The summed E-state index contributed by atoms with van der Waals surface area (Å²) in [5.41, 5.74) is -0.197. The molecule has 98 valence electrons. The summed E-state index contributed by atoms with van der Waals surface area (Å²) in [4.78, 5) is 29.3. The zero-order chi connectivity index (χ0) is 13.0. The summed E-state index contributed by atoms with van der Waals surface area (Å²) in [6.07, 6.45) is 3.64. The second kappa shape index (κ2) is 6.01. The number of aromatic nitrogens is 2. The lowest BCUT2D eigenvalue weighted by Crippen LogP contribution is -2.41. The largest absolute Gasteiger partial charge is 0.468 e. The Bertz CT molecular complexity index is 473. The van der Waals surface area contributed by atoms with E-state index in [9.17, 15) is 9.59 Å². The number of carbonyl (C=O) groups excluding carboxylic acids is 1. The molecule has 0 amide bonds. The summed E-state index contributed by atoms with van der Waals surface area (Å²) >= 11 is 1.33. The van der Waals surface area contributed by atoms with Gasteiger partial charge in [-0.25, -0.2) is 4.98 Å². The Morgan fingerprint density at radius 1 is 1.72 bits per heavy atom. The van der Waals surface area contributed by atoms with Crippen LogP contribution in [-0.2, 0) is 9.53 Å². The lowest BCUT2D eigenvalue weighted by atomic mass is 10.3. The topological polar surface area (TPSA) is 84.1 Å². The molecule has 2 N–H and O–H groups in total. The molecule has 1 fully saturated rings.